The highest BCUT2D eigenvalue weighted by Gasteiger charge is 2.03. The van der Waals surface area contributed by atoms with E-state index in [1.807, 2.05) is 25.1 Å². The fourth-order valence-corrected chi connectivity index (χ4v) is 1.39. The Labute approximate surface area is 87.7 Å². The van der Waals surface area contributed by atoms with E-state index in [0.29, 0.717) is 0 Å². The second-order valence-corrected chi connectivity index (χ2v) is 3.37. The number of aromatic hydroxyl groups is 2. The maximum Gasteiger partial charge on any atom is 0.158 e. The molecular weight excluding hydrogens is 190 g/mol. The van der Waals surface area contributed by atoms with Crippen molar-refractivity contribution in [1.29, 1.82) is 0 Å². The van der Waals surface area contributed by atoms with Crippen molar-refractivity contribution in [1.82, 2.24) is 4.98 Å². The molecule has 3 nitrogen and oxygen atoms in total. The van der Waals surface area contributed by atoms with Gasteiger partial charge in [-0.25, -0.2) is 0 Å². The van der Waals surface area contributed by atoms with Crippen molar-refractivity contribution >= 4 is 0 Å². The van der Waals surface area contributed by atoms with E-state index in [9.17, 15) is 10.2 Å². The zero-order valence-corrected chi connectivity index (χ0v) is 8.31. The zero-order chi connectivity index (χ0) is 10.8. The van der Waals surface area contributed by atoms with E-state index >= 15 is 0 Å². The van der Waals surface area contributed by atoms with Crippen molar-refractivity contribution in [2.45, 2.75) is 6.92 Å². The quantitative estimate of drug-likeness (QED) is 0.697. The van der Waals surface area contributed by atoms with E-state index in [-0.39, 0.29) is 11.5 Å². The molecule has 1 aromatic carbocycles. The molecule has 0 saturated heterocycles. The molecule has 0 radical (unpaired) electrons. The molecule has 1 heterocycles. The van der Waals surface area contributed by atoms with Crippen LogP contribution in [-0.4, -0.2) is 15.2 Å². The average Bonchev–Trinajstić information content (AvgIpc) is 2.22. The minimum atomic E-state index is -0.129. The summed E-state index contributed by atoms with van der Waals surface area (Å²) >= 11 is 0. The summed E-state index contributed by atoms with van der Waals surface area (Å²) < 4.78 is 0. The molecule has 15 heavy (non-hydrogen) atoms. The van der Waals surface area contributed by atoms with E-state index in [0.717, 1.165) is 17.0 Å². The molecule has 0 aliphatic rings. The molecular formula is C12H11NO2. The smallest absolute Gasteiger partial charge is 0.158 e. The van der Waals surface area contributed by atoms with Crippen LogP contribution in [-0.2, 0) is 0 Å². The molecule has 0 aliphatic carbocycles. The fourth-order valence-electron chi connectivity index (χ4n) is 1.39. The molecule has 0 bridgehead atoms. The second kappa shape index (κ2) is 3.61. The predicted molar refractivity (Wildman–Crippen MR) is 57.7 cm³/mol. The Kier molecular flexibility index (Phi) is 2.29. The van der Waals surface area contributed by atoms with Gasteiger partial charge in [-0.05, 0) is 37.3 Å². The number of nitrogens with zero attached hydrogens (tertiary/aromatic N) is 1. The number of aryl methyl sites for hydroxylation is 1. The first-order chi connectivity index (χ1) is 7.16. The Bertz CT molecular complexity index is 495. The molecule has 2 N–H and O–H groups in total. The van der Waals surface area contributed by atoms with Gasteiger partial charge in [-0.1, -0.05) is 6.07 Å². The van der Waals surface area contributed by atoms with Crippen LogP contribution in [0.3, 0.4) is 0 Å². The molecule has 0 amide bonds. The molecule has 2 rings (SSSR count). The van der Waals surface area contributed by atoms with Gasteiger partial charge < -0.3 is 10.2 Å². The van der Waals surface area contributed by atoms with Crippen molar-refractivity contribution in [2.75, 3.05) is 0 Å². The third-order valence-electron chi connectivity index (χ3n) is 2.16. The van der Waals surface area contributed by atoms with Crippen LogP contribution in [0.25, 0.3) is 11.3 Å². The lowest BCUT2D eigenvalue weighted by atomic mass is 10.1. The lowest BCUT2D eigenvalue weighted by Crippen LogP contribution is -1.85. The van der Waals surface area contributed by atoms with Gasteiger partial charge in [0, 0.05) is 11.3 Å². The standard InChI is InChI=1S/C12H11NO2/c1-8-3-2-4-10(13-8)9-5-6-11(14)12(15)7-9/h2-7,14-15H,1H3. The minimum absolute atomic E-state index is 0.119. The van der Waals surface area contributed by atoms with Crippen LogP contribution in [0.5, 0.6) is 11.5 Å². The van der Waals surface area contributed by atoms with Gasteiger partial charge in [-0.2, -0.15) is 0 Å². The molecule has 0 saturated carbocycles. The third-order valence-corrected chi connectivity index (χ3v) is 2.16. The van der Waals surface area contributed by atoms with E-state index in [1.165, 1.54) is 12.1 Å². The maximum atomic E-state index is 9.35. The molecule has 0 atom stereocenters. The second-order valence-electron chi connectivity index (χ2n) is 3.37. The summed E-state index contributed by atoms with van der Waals surface area (Å²) in [6.07, 6.45) is 0. The highest BCUT2D eigenvalue weighted by Crippen LogP contribution is 2.29. The van der Waals surface area contributed by atoms with Gasteiger partial charge in [0.15, 0.2) is 11.5 Å². The summed E-state index contributed by atoms with van der Waals surface area (Å²) in [6.45, 7) is 1.91. The van der Waals surface area contributed by atoms with Crippen LogP contribution in [0.4, 0.5) is 0 Å². The van der Waals surface area contributed by atoms with Gasteiger partial charge in [0.1, 0.15) is 0 Å². The molecule has 2 aromatic rings. The largest absolute Gasteiger partial charge is 0.504 e. The number of aromatic nitrogens is 1. The van der Waals surface area contributed by atoms with Gasteiger partial charge in [0.05, 0.1) is 5.69 Å². The van der Waals surface area contributed by atoms with Gasteiger partial charge in [0.25, 0.3) is 0 Å². The lowest BCUT2D eigenvalue weighted by Gasteiger charge is -2.03. The number of phenolic OH excluding ortho intramolecular Hbond substituents is 2. The van der Waals surface area contributed by atoms with Crippen LogP contribution in [0.15, 0.2) is 36.4 Å². The Hall–Kier alpha value is -2.03. The number of phenols is 2. The highest BCUT2D eigenvalue weighted by atomic mass is 16.3. The van der Waals surface area contributed by atoms with E-state index in [4.69, 9.17) is 0 Å². The summed E-state index contributed by atoms with van der Waals surface area (Å²) in [4.78, 5) is 4.32. The van der Waals surface area contributed by atoms with Crippen molar-refractivity contribution in [3.8, 4) is 22.8 Å². The van der Waals surface area contributed by atoms with Gasteiger partial charge in [-0.3, -0.25) is 4.98 Å². The van der Waals surface area contributed by atoms with Gasteiger partial charge in [-0.15, -0.1) is 0 Å². The normalized spacial score (nSPS) is 10.2. The van der Waals surface area contributed by atoms with Crippen LogP contribution in [0.1, 0.15) is 5.69 Å². The Morgan fingerprint density at radius 3 is 2.47 bits per heavy atom. The molecule has 0 spiro atoms. The summed E-state index contributed by atoms with van der Waals surface area (Å²) in [5.74, 6) is -0.248. The van der Waals surface area contributed by atoms with Crippen LogP contribution in [0, 0.1) is 6.92 Å². The topological polar surface area (TPSA) is 53.4 Å². The summed E-state index contributed by atoms with van der Waals surface area (Å²) in [5.41, 5.74) is 2.49. The van der Waals surface area contributed by atoms with Crippen LogP contribution < -0.4 is 0 Å². The summed E-state index contributed by atoms with van der Waals surface area (Å²) in [7, 11) is 0. The summed E-state index contributed by atoms with van der Waals surface area (Å²) in [6, 6.07) is 10.3. The molecule has 0 unspecified atom stereocenters. The molecule has 0 fully saturated rings. The Morgan fingerprint density at radius 1 is 1.00 bits per heavy atom. The molecule has 76 valence electrons. The van der Waals surface area contributed by atoms with E-state index < -0.39 is 0 Å². The number of pyridine rings is 1. The average molecular weight is 201 g/mol. The van der Waals surface area contributed by atoms with Crippen LogP contribution in [0.2, 0.25) is 0 Å². The number of hydrogen-bond donors (Lipinski definition) is 2. The Morgan fingerprint density at radius 2 is 1.80 bits per heavy atom. The van der Waals surface area contributed by atoms with Gasteiger partial charge in [0.2, 0.25) is 0 Å². The molecule has 3 heteroatoms. The van der Waals surface area contributed by atoms with Crippen molar-refractivity contribution in [3.05, 3.63) is 42.1 Å². The monoisotopic (exact) mass is 201 g/mol. The van der Waals surface area contributed by atoms with Gasteiger partial charge >= 0.3 is 0 Å². The summed E-state index contributed by atoms with van der Waals surface area (Å²) in [5, 5.41) is 18.5. The number of benzene rings is 1. The first kappa shape index (κ1) is 9.52. The third kappa shape index (κ3) is 1.91. The fraction of sp³-hybridized carbons (Fsp3) is 0.0833. The number of rotatable bonds is 1. The molecule has 1 aromatic heterocycles. The van der Waals surface area contributed by atoms with E-state index in [1.54, 1.807) is 6.07 Å². The lowest BCUT2D eigenvalue weighted by molar-refractivity contribution is 0.404. The predicted octanol–water partition coefficient (Wildman–Crippen LogP) is 2.47. The number of hydrogen-bond acceptors (Lipinski definition) is 3. The van der Waals surface area contributed by atoms with Crippen LogP contribution >= 0.6 is 0 Å². The highest BCUT2D eigenvalue weighted by molar-refractivity contribution is 5.63. The van der Waals surface area contributed by atoms with Crippen molar-refractivity contribution in [3.63, 3.8) is 0 Å². The molecule has 0 aliphatic heterocycles. The zero-order valence-electron chi connectivity index (χ0n) is 8.31. The SMILES string of the molecule is Cc1cccc(-c2ccc(O)c(O)c2)n1. The maximum absolute atomic E-state index is 9.35. The first-order valence-corrected chi connectivity index (χ1v) is 4.63. The van der Waals surface area contributed by atoms with E-state index in [2.05, 4.69) is 4.98 Å². The van der Waals surface area contributed by atoms with Crippen molar-refractivity contribution in [2.24, 2.45) is 0 Å². The first-order valence-electron chi connectivity index (χ1n) is 4.63. The minimum Gasteiger partial charge on any atom is -0.504 e. The Balaban J connectivity index is 2.50. The van der Waals surface area contributed by atoms with Crippen molar-refractivity contribution < 1.29 is 10.2 Å².